The highest BCUT2D eigenvalue weighted by atomic mass is 16.3. The van der Waals surface area contributed by atoms with Gasteiger partial charge in [0.25, 0.3) is 0 Å². The predicted molar refractivity (Wildman–Crippen MR) is 166 cm³/mol. The van der Waals surface area contributed by atoms with E-state index in [1.807, 2.05) is 107 Å². The molecule has 0 heterocycles. The van der Waals surface area contributed by atoms with Crippen molar-refractivity contribution in [1.82, 2.24) is 0 Å². The first-order valence-corrected chi connectivity index (χ1v) is 12.8. The van der Waals surface area contributed by atoms with Crippen molar-refractivity contribution in [2.24, 2.45) is 0 Å². The van der Waals surface area contributed by atoms with Crippen molar-refractivity contribution in [2.45, 2.75) is 34.6 Å². The van der Waals surface area contributed by atoms with E-state index >= 15 is 0 Å². The van der Waals surface area contributed by atoms with Crippen LogP contribution < -0.4 is 0 Å². The minimum Gasteiger partial charge on any atom is -0.504 e. The van der Waals surface area contributed by atoms with Crippen LogP contribution in [0.2, 0.25) is 0 Å². The molecule has 0 aromatic heterocycles. The van der Waals surface area contributed by atoms with Crippen molar-refractivity contribution in [3.8, 4) is 28.7 Å². The average molecular weight is 539 g/mol. The number of hydrogen-bond donors (Lipinski definition) is 5. The molecule has 0 spiro atoms. The summed E-state index contributed by atoms with van der Waals surface area (Å²) in [6, 6.07) is 6.11. The van der Waals surface area contributed by atoms with Gasteiger partial charge in [0.05, 0.1) is 0 Å². The Labute approximate surface area is 237 Å². The van der Waals surface area contributed by atoms with Crippen LogP contribution in [0.1, 0.15) is 44.4 Å². The van der Waals surface area contributed by atoms with E-state index in [0.717, 1.165) is 27.9 Å². The number of phenolic OH excluding ortho intramolecular Hbond substituents is 5. The Morgan fingerprint density at radius 3 is 1.40 bits per heavy atom. The van der Waals surface area contributed by atoms with Gasteiger partial charge in [-0.2, -0.15) is 0 Å². The van der Waals surface area contributed by atoms with Gasteiger partial charge in [0.15, 0.2) is 23.0 Å². The minimum atomic E-state index is -0.528. The molecule has 5 heteroatoms. The van der Waals surface area contributed by atoms with Gasteiger partial charge < -0.3 is 25.5 Å². The van der Waals surface area contributed by atoms with Crippen LogP contribution in [0.5, 0.6) is 28.7 Å². The Balaban J connectivity index is 1.89. The summed E-state index contributed by atoms with van der Waals surface area (Å²) in [6.07, 6.45) is 27.2. The van der Waals surface area contributed by atoms with Crippen molar-refractivity contribution >= 4 is 12.2 Å². The predicted octanol–water partition coefficient (Wildman–Crippen LogP) is 8.70. The van der Waals surface area contributed by atoms with Crippen molar-refractivity contribution in [1.29, 1.82) is 0 Å². The monoisotopic (exact) mass is 538 g/mol. The molecule has 0 unspecified atom stereocenters. The summed E-state index contributed by atoms with van der Waals surface area (Å²) in [5.74, 6) is -1.45. The molecule has 0 saturated heterocycles. The Kier molecular flexibility index (Phi) is 12.1. The lowest BCUT2D eigenvalue weighted by molar-refractivity contribution is 0.367. The van der Waals surface area contributed by atoms with E-state index in [4.69, 9.17) is 0 Å². The van der Waals surface area contributed by atoms with Crippen LogP contribution in [-0.2, 0) is 0 Å². The molecule has 208 valence electrons. The van der Waals surface area contributed by atoms with Crippen molar-refractivity contribution in [2.75, 3.05) is 0 Å². The molecule has 5 N–H and O–H groups in total. The quantitative estimate of drug-likeness (QED) is 0.154. The van der Waals surface area contributed by atoms with Gasteiger partial charge >= 0.3 is 0 Å². The molecule has 0 atom stereocenters. The summed E-state index contributed by atoms with van der Waals surface area (Å²) in [5.41, 5.74) is 6.08. The van der Waals surface area contributed by atoms with Crippen LogP contribution in [0.3, 0.4) is 0 Å². The first-order valence-electron chi connectivity index (χ1n) is 12.8. The summed E-state index contributed by atoms with van der Waals surface area (Å²) in [5, 5.41) is 48.3. The maximum absolute atomic E-state index is 9.88. The van der Waals surface area contributed by atoms with Crippen LogP contribution in [0.4, 0.5) is 0 Å². The number of rotatable bonds is 10. The van der Waals surface area contributed by atoms with E-state index in [1.54, 1.807) is 19.1 Å². The summed E-state index contributed by atoms with van der Waals surface area (Å²) in [6.45, 7) is 9.72. The minimum absolute atomic E-state index is 0.0909. The van der Waals surface area contributed by atoms with E-state index in [0.29, 0.717) is 11.1 Å². The smallest absolute Gasteiger partial charge is 0.200 e. The number of benzene rings is 2. The van der Waals surface area contributed by atoms with Crippen LogP contribution >= 0.6 is 0 Å². The average Bonchev–Trinajstić information content (AvgIpc) is 2.92. The molecular formula is C35H38O5. The summed E-state index contributed by atoms with van der Waals surface area (Å²) in [7, 11) is 0. The van der Waals surface area contributed by atoms with Gasteiger partial charge in [0.1, 0.15) is 0 Å². The molecule has 2 aromatic rings. The fraction of sp³-hybridized carbons (Fsp3) is 0.143. The van der Waals surface area contributed by atoms with Crippen LogP contribution in [-0.4, -0.2) is 25.5 Å². The Hall–Kier alpha value is -4.90. The highest BCUT2D eigenvalue weighted by Crippen LogP contribution is 2.37. The molecule has 0 aliphatic rings. The SMILES string of the molecule is CC(/C=C/C=C(C)/C=C/c1ccc(O)c(O)c1C)=C\C=C\C=C(C)\C=C\C=C(C)\C=C\c1ccc(O)c(O)c1O. The van der Waals surface area contributed by atoms with Gasteiger partial charge in [0, 0.05) is 11.1 Å². The fourth-order valence-corrected chi connectivity index (χ4v) is 3.38. The molecule has 2 aromatic carbocycles. The van der Waals surface area contributed by atoms with Gasteiger partial charge in [-0.3, -0.25) is 0 Å². The van der Waals surface area contributed by atoms with E-state index < -0.39 is 5.75 Å². The van der Waals surface area contributed by atoms with Gasteiger partial charge in [-0.25, -0.2) is 0 Å². The summed E-state index contributed by atoms with van der Waals surface area (Å²) >= 11 is 0. The van der Waals surface area contributed by atoms with E-state index in [1.165, 1.54) is 18.2 Å². The molecule has 0 saturated carbocycles. The first kappa shape index (κ1) is 31.3. The van der Waals surface area contributed by atoms with Crippen LogP contribution in [0, 0.1) is 6.92 Å². The molecule has 0 amide bonds. The zero-order valence-electron chi connectivity index (χ0n) is 23.6. The van der Waals surface area contributed by atoms with Gasteiger partial charge in [-0.05, 0) is 58.4 Å². The molecule has 0 aliphatic carbocycles. The Bertz CT molecular complexity index is 1360. The van der Waals surface area contributed by atoms with E-state index in [9.17, 15) is 25.5 Å². The summed E-state index contributed by atoms with van der Waals surface area (Å²) in [4.78, 5) is 0. The number of allylic oxidation sites excluding steroid dienone is 16. The zero-order valence-corrected chi connectivity index (χ0v) is 23.6. The van der Waals surface area contributed by atoms with Gasteiger partial charge in [-0.15, -0.1) is 0 Å². The maximum Gasteiger partial charge on any atom is 0.200 e. The second-order valence-electron chi connectivity index (χ2n) is 9.43. The van der Waals surface area contributed by atoms with Crippen molar-refractivity contribution < 1.29 is 25.5 Å². The lowest BCUT2D eigenvalue weighted by atomic mass is 10.1. The third kappa shape index (κ3) is 10.1. The lowest BCUT2D eigenvalue weighted by Gasteiger charge is -2.05. The second-order valence-corrected chi connectivity index (χ2v) is 9.43. The fourth-order valence-electron chi connectivity index (χ4n) is 3.38. The largest absolute Gasteiger partial charge is 0.504 e. The number of aromatic hydroxyl groups is 5. The second kappa shape index (κ2) is 15.5. The third-order valence-electron chi connectivity index (χ3n) is 5.93. The van der Waals surface area contributed by atoms with Gasteiger partial charge in [-0.1, -0.05) is 113 Å². The maximum atomic E-state index is 9.88. The van der Waals surface area contributed by atoms with Gasteiger partial charge in [0.2, 0.25) is 5.75 Å². The van der Waals surface area contributed by atoms with E-state index in [-0.39, 0.29) is 23.0 Å². The molecule has 40 heavy (non-hydrogen) atoms. The molecule has 0 bridgehead atoms. The standard InChI is InChI=1S/C35H38O5/c1-24(12-8-14-26(3)16-18-29-20-22-31(36)33(38)28(29)5)10-6-7-11-25(2)13-9-15-27(4)17-19-30-21-23-32(37)35(40)34(30)39/h6-23,36-40H,1-5H3/b7-6+,12-8+,13-9+,18-16+,19-17+,24-10+,25-11+,26-14+,27-15+. The van der Waals surface area contributed by atoms with Crippen LogP contribution in [0.25, 0.3) is 12.2 Å². The Morgan fingerprint density at radius 1 is 0.475 bits per heavy atom. The van der Waals surface area contributed by atoms with E-state index in [2.05, 4.69) is 0 Å². The van der Waals surface area contributed by atoms with Crippen molar-refractivity contribution in [3.05, 3.63) is 136 Å². The van der Waals surface area contributed by atoms with Crippen molar-refractivity contribution in [3.63, 3.8) is 0 Å². The topological polar surface area (TPSA) is 101 Å². The highest BCUT2D eigenvalue weighted by Gasteiger charge is 2.08. The molecule has 2 rings (SSSR count). The first-order chi connectivity index (χ1) is 19.0. The number of phenols is 5. The Morgan fingerprint density at radius 2 is 0.875 bits per heavy atom. The molecule has 0 fully saturated rings. The molecule has 5 nitrogen and oxygen atoms in total. The van der Waals surface area contributed by atoms with Crippen LogP contribution in [0.15, 0.2) is 119 Å². The third-order valence-corrected chi connectivity index (χ3v) is 5.93. The molecule has 0 aliphatic heterocycles. The lowest BCUT2D eigenvalue weighted by Crippen LogP contribution is -1.82. The highest BCUT2D eigenvalue weighted by molar-refractivity contribution is 5.66. The number of hydrogen-bond acceptors (Lipinski definition) is 5. The zero-order chi connectivity index (χ0) is 29.7. The normalized spacial score (nSPS) is 14.2. The molecule has 0 radical (unpaired) electrons. The summed E-state index contributed by atoms with van der Waals surface area (Å²) < 4.78 is 0. The molecular weight excluding hydrogens is 500 g/mol.